The molecule has 3 rings (SSSR count). The average molecular weight is 292 g/mol. The molecule has 1 aromatic heterocycles. The van der Waals surface area contributed by atoms with Gasteiger partial charge in [-0.3, -0.25) is 0 Å². The summed E-state index contributed by atoms with van der Waals surface area (Å²) in [6, 6.07) is 20.4. The van der Waals surface area contributed by atoms with E-state index in [4.69, 9.17) is 9.40 Å². The molecular formula is C19H20N2O. The summed E-state index contributed by atoms with van der Waals surface area (Å²) in [6.07, 6.45) is 0.805. The molecule has 0 aliphatic heterocycles. The van der Waals surface area contributed by atoms with Crippen LogP contribution in [-0.4, -0.2) is 30.5 Å². The fraction of sp³-hybridized carbons (Fsp3) is 0.211. The van der Waals surface area contributed by atoms with Gasteiger partial charge in [-0.25, -0.2) is 4.98 Å². The van der Waals surface area contributed by atoms with Crippen molar-refractivity contribution >= 4 is 0 Å². The van der Waals surface area contributed by atoms with Gasteiger partial charge >= 0.3 is 0 Å². The van der Waals surface area contributed by atoms with Crippen molar-refractivity contribution < 1.29 is 4.42 Å². The second-order valence-corrected chi connectivity index (χ2v) is 5.57. The van der Waals surface area contributed by atoms with E-state index in [1.165, 1.54) is 0 Å². The number of nitrogens with zero attached hydrogens (tertiary/aromatic N) is 2. The Bertz CT molecular complexity index is 661. The van der Waals surface area contributed by atoms with E-state index in [-0.39, 0.29) is 0 Å². The number of benzene rings is 2. The molecule has 0 saturated heterocycles. The number of likely N-dealkylation sites (N-methyl/N-ethyl adjacent to an activating group) is 1. The molecule has 3 heteroatoms. The maximum absolute atomic E-state index is 6.07. The largest absolute Gasteiger partial charge is 0.440 e. The Kier molecular flexibility index (Phi) is 4.35. The van der Waals surface area contributed by atoms with Gasteiger partial charge in [-0.05, 0) is 14.1 Å². The summed E-state index contributed by atoms with van der Waals surface area (Å²) in [5, 5.41) is 0. The molecule has 112 valence electrons. The van der Waals surface area contributed by atoms with Crippen molar-refractivity contribution in [2.24, 2.45) is 0 Å². The normalized spacial score (nSPS) is 11.0. The highest BCUT2D eigenvalue weighted by Gasteiger charge is 2.16. The van der Waals surface area contributed by atoms with Crippen LogP contribution < -0.4 is 0 Å². The van der Waals surface area contributed by atoms with Crippen molar-refractivity contribution in [1.82, 2.24) is 9.88 Å². The summed E-state index contributed by atoms with van der Waals surface area (Å²) in [6.45, 7) is 0.920. The van der Waals surface area contributed by atoms with E-state index in [9.17, 15) is 0 Å². The van der Waals surface area contributed by atoms with Crippen molar-refractivity contribution in [3.05, 3.63) is 66.6 Å². The van der Waals surface area contributed by atoms with Crippen molar-refractivity contribution in [2.45, 2.75) is 6.42 Å². The van der Waals surface area contributed by atoms with Crippen LogP contribution in [0.4, 0.5) is 0 Å². The first-order valence-corrected chi connectivity index (χ1v) is 7.49. The zero-order valence-electron chi connectivity index (χ0n) is 13.0. The van der Waals surface area contributed by atoms with Crippen LogP contribution in [0.5, 0.6) is 0 Å². The number of rotatable bonds is 5. The van der Waals surface area contributed by atoms with E-state index in [1.54, 1.807) is 0 Å². The Morgan fingerprint density at radius 2 is 1.45 bits per heavy atom. The smallest absolute Gasteiger partial charge is 0.196 e. The third-order valence-corrected chi connectivity index (χ3v) is 3.53. The first-order chi connectivity index (χ1) is 10.7. The minimum atomic E-state index is 0.784. The Labute approximate surface area is 131 Å². The van der Waals surface area contributed by atoms with E-state index in [2.05, 4.69) is 43.3 Å². The Hall–Kier alpha value is -2.39. The van der Waals surface area contributed by atoms with Gasteiger partial charge < -0.3 is 9.32 Å². The Morgan fingerprint density at radius 1 is 0.864 bits per heavy atom. The average Bonchev–Trinajstić information content (AvgIpc) is 2.99. The van der Waals surface area contributed by atoms with Crippen LogP contribution in [0.1, 0.15) is 5.89 Å². The Balaban J connectivity index is 2.03. The molecule has 0 aliphatic rings. The van der Waals surface area contributed by atoms with Gasteiger partial charge in [0.05, 0.1) is 0 Å². The maximum atomic E-state index is 6.07. The van der Waals surface area contributed by atoms with Gasteiger partial charge in [0.25, 0.3) is 0 Å². The summed E-state index contributed by atoms with van der Waals surface area (Å²) >= 11 is 0. The third-order valence-electron chi connectivity index (χ3n) is 3.53. The lowest BCUT2D eigenvalue weighted by Gasteiger charge is -2.05. The fourth-order valence-corrected chi connectivity index (χ4v) is 2.37. The first-order valence-electron chi connectivity index (χ1n) is 7.49. The Morgan fingerprint density at radius 3 is 2.05 bits per heavy atom. The molecule has 0 saturated carbocycles. The van der Waals surface area contributed by atoms with E-state index < -0.39 is 0 Å². The number of aromatic nitrogens is 1. The molecule has 0 radical (unpaired) electrons. The highest BCUT2D eigenvalue weighted by molar-refractivity contribution is 5.76. The third kappa shape index (κ3) is 3.26. The first kappa shape index (κ1) is 14.5. The van der Waals surface area contributed by atoms with E-state index in [0.717, 1.165) is 41.4 Å². The highest BCUT2D eigenvalue weighted by atomic mass is 16.4. The second kappa shape index (κ2) is 6.58. The van der Waals surface area contributed by atoms with Crippen molar-refractivity contribution in [1.29, 1.82) is 0 Å². The number of oxazole rings is 1. The fourth-order valence-electron chi connectivity index (χ4n) is 2.37. The van der Waals surface area contributed by atoms with Gasteiger partial charge in [0.15, 0.2) is 11.7 Å². The standard InChI is InChI=1S/C19H20N2O/c1-21(2)14-13-17-20-18(15-9-5-3-6-10-15)19(22-17)16-11-7-4-8-12-16/h3-12H,13-14H2,1-2H3. The molecule has 1 heterocycles. The molecule has 3 aromatic rings. The van der Waals surface area contributed by atoms with E-state index in [0.29, 0.717) is 0 Å². The van der Waals surface area contributed by atoms with Crippen LogP contribution in [0.2, 0.25) is 0 Å². The molecule has 0 spiro atoms. The van der Waals surface area contributed by atoms with Crippen LogP contribution in [0.15, 0.2) is 65.1 Å². The summed E-state index contributed by atoms with van der Waals surface area (Å²) in [5.41, 5.74) is 3.06. The van der Waals surface area contributed by atoms with Crippen LogP contribution in [-0.2, 0) is 6.42 Å². The van der Waals surface area contributed by atoms with Crippen LogP contribution in [0.25, 0.3) is 22.6 Å². The lowest BCUT2D eigenvalue weighted by Crippen LogP contribution is -2.15. The van der Waals surface area contributed by atoms with Crippen molar-refractivity contribution in [3.8, 4) is 22.6 Å². The second-order valence-electron chi connectivity index (χ2n) is 5.57. The predicted molar refractivity (Wildman–Crippen MR) is 89.6 cm³/mol. The monoisotopic (exact) mass is 292 g/mol. The van der Waals surface area contributed by atoms with Gasteiger partial charge in [0, 0.05) is 24.1 Å². The lowest BCUT2D eigenvalue weighted by atomic mass is 10.1. The molecule has 0 amide bonds. The van der Waals surface area contributed by atoms with Gasteiger partial charge in [-0.1, -0.05) is 60.7 Å². The molecule has 0 bridgehead atoms. The van der Waals surface area contributed by atoms with Gasteiger partial charge in [0.2, 0.25) is 0 Å². The molecule has 0 unspecified atom stereocenters. The van der Waals surface area contributed by atoms with Gasteiger partial charge in [0.1, 0.15) is 5.69 Å². The zero-order chi connectivity index (χ0) is 15.4. The summed E-state index contributed by atoms with van der Waals surface area (Å²) < 4.78 is 6.07. The van der Waals surface area contributed by atoms with Gasteiger partial charge in [-0.2, -0.15) is 0 Å². The van der Waals surface area contributed by atoms with Crippen LogP contribution >= 0.6 is 0 Å². The molecular weight excluding hydrogens is 272 g/mol. The van der Waals surface area contributed by atoms with Gasteiger partial charge in [-0.15, -0.1) is 0 Å². The van der Waals surface area contributed by atoms with E-state index >= 15 is 0 Å². The molecule has 22 heavy (non-hydrogen) atoms. The predicted octanol–water partition coefficient (Wildman–Crippen LogP) is 4.11. The molecule has 0 N–H and O–H groups in total. The minimum absolute atomic E-state index is 0.784. The van der Waals surface area contributed by atoms with Crippen molar-refractivity contribution in [2.75, 3.05) is 20.6 Å². The summed E-state index contributed by atoms with van der Waals surface area (Å²) in [5.74, 6) is 1.63. The lowest BCUT2D eigenvalue weighted by molar-refractivity contribution is 0.386. The van der Waals surface area contributed by atoms with E-state index in [1.807, 2.05) is 36.4 Å². The molecule has 3 nitrogen and oxygen atoms in total. The summed E-state index contributed by atoms with van der Waals surface area (Å²) in [4.78, 5) is 6.87. The summed E-state index contributed by atoms with van der Waals surface area (Å²) in [7, 11) is 4.11. The zero-order valence-corrected chi connectivity index (χ0v) is 13.0. The maximum Gasteiger partial charge on any atom is 0.196 e. The number of hydrogen-bond acceptors (Lipinski definition) is 3. The molecule has 0 atom stereocenters. The quantitative estimate of drug-likeness (QED) is 0.708. The van der Waals surface area contributed by atoms with Crippen LogP contribution in [0.3, 0.4) is 0 Å². The number of hydrogen-bond donors (Lipinski definition) is 0. The minimum Gasteiger partial charge on any atom is -0.440 e. The van der Waals surface area contributed by atoms with Crippen molar-refractivity contribution in [3.63, 3.8) is 0 Å². The highest BCUT2D eigenvalue weighted by Crippen LogP contribution is 2.32. The van der Waals surface area contributed by atoms with Crippen LogP contribution in [0, 0.1) is 0 Å². The molecule has 2 aromatic carbocycles. The molecule has 0 aliphatic carbocycles. The SMILES string of the molecule is CN(C)CCc1nc(-c2ccccc2)c(-c2ccccc2)o1. The topological polar surface area (TPSA) is 29.3 Å². The molecule has 0 fully saturated rings.